The Hall–Kier alpha value is -2.57. The van der Waals surface area contributed by atoms with Gasteiger partial charge in [-0.05, 0) is 55.8 Å². The zero-order chi connectivity index (χ0) is 19.8. The molecule has 1 aromatic heterocycles. The van der Waals surface area contributed by atoms with Crippen LogP contribution in [0, 0.1) is 0 Å². The van der Waals surface area contributed by atoms with E-state index in [2.05, 4.69) is 27.1 Å². The number of aryl methyl sites for hydroxylation is 1. The lowest BCUT2D eigenvalue weighted by atomic mass is 10.1. The molecule has 1 saturated heterocycles. The Balaban J connectivity index is 1.42. The maximum Gasteiger partial charge on any atom is 0.224 e. The Morgan fingerprint density at radius 1 is 1.07 bits per heavy atom. The number of aromatic nitrogens is 1. The Bertz CT molecular complexity index is 769. The van der Waals surface area contributed by atoms with Crippen LogP contribution in [0.5, 0.6) is 0 Å². The Morgan fingerprint density at radius 2 is 1.82 bits per heavy atom. The summed E-state index contributed by atoms with van der Waals surface area (Å²) in [5.74, 6) is 0.110. The third-order valence-electron chi connectivity index (χ3n) is 5.05. The van der Waals surface area contributed by atoms with Crippen molar-refractivity contribution in [3.05, 3.63) is 59.9 Å². The normalized spacial score (nSPS) is 15.3. The minimum absolute atomic E-state index is 0.0135. The van der Waals surface area contributed by atoms with Gasteiger partial charge in [0.25, 0.3) is 0 Å². The standard InChI is InChI=1S/C22H28N4O2/c1-25-12-14-26(15-13-25)17-21(27)19-7-9-20(10-8-19)24-22(28)6-2-4-18-5-3-11-23-16-18/h3,5,7-11,16H,2,4,6,12-15,17H2,1H3,(H,24,28). The van der Waals surface area contributed by atoms with Crippen molar-refractivity contribution in [3.8, 4) is 0 Å². The fraction of sp³-hybridized carbons (Fsp3) is 0.409. The minimum atomic E-state index is -0.0135. The molecule has 0 bridgehead atoms. The first-order valence-corrected chi connectivity index (χ1v) is 9.83. The maximum atomic E-state index is 12.5. The molecule has 1 N–H and O–H groups in total. The highest BCUT2D eigenvalue weighted by molar-refractivity contribution is 5.98. The predicted octanol–water partition coefficient (Wildman–Crippen LogP) is 2.47. The van der Waals surface area contributed by atoms with Crippen LogP contribution >= 0.6 is 0 Å². The molecule has 0 unspecified atom stereocenters. The van der Waals surface area contributed by atoms with Gasteiger partial charge < -0.3 is 10.2 Å². The molecule has 1 aromatic carbocycles. The van der Waals surface area contributed by atoms with Crippen molar-refractivity contribution < 1.29 is 9.59 Å². The van der Waals surface area contributed by atoms with Gasteiger partial charge in [-0.1, -0.05) is 6.07 Å². The van der Waals surface area contributed by atoms with E-state index < -0.39 is 0 Å². The molecular formula is C22H28N4O2. The number of nitrogens with zero attached hydrogens (tertiary/aromatic N) is 3. The summed E-state index contributed by atoms with van der Waals surface area (Å²) in [6.07, 6.45) is 5.64. The van der Waals surface area contributed by atoms with Gasteiger partial charge in [-0.2, -0.15) is 0 Å². The topological polar surface area (TPSA) is 65.5 Å². The second-order valence-corrected chi connectivity index (χ2v) is 7.34. The molecule has 0 saturated carbocycles. The van der Waals surface area contributed by atoms with Gasteiger partial charge >= 0.3 is 0 Å². The fourth-order valence-electron chi connectivity index (χ4n) is 3.26. The largest absolute Gasteiger partial charge is 0.326 e. The van der Waals surface area contributed by atoms with Crippen LogP contribution in [0.1, 0.15) is 28.8 Å². The second-order valence-electron chi connectivity index (χ2n) is 7.34. The number of amides is 1. The number of Topliss-reactive ketones (excluding diaryl/α,β-unsaturated/α-hetero) is 1. The lowest BCUT2D eigenvalue weighted by Gasteiger charge is -2.31. The lowest BCUT2D eigenvalue weighted by molar-refractivity contribution is -0.116. The zero-order valence-electron chi connectivity index (χ0n) is 16.4. The van der Waals surface area contributed by atoms with Crippen molar-refractivity contribution in [2.45, 2.75) is 19.3 Å². The third kappa shape index (κ3) is 6.25. The number of pyridine rings is 1. The van der Waals surface area contributed by atoms with Crippen molar-refractivity contribution in [3.63, 3.8) is 0 Å². The summed E-state index contributed by atoms with van der Waals surface area (Å²) in [5, 5.41) is 2.90. The van der Waals surface area contributed by atoms with Crippen molar-refractivity contribution in [1.29, 1.82) is 0 Å². The van der Waals surface area contributed by atoms with Crippen LogP contribution in [0.2, 0.25) is 0 Å². The molecule has 1 aliphatic rings. The molecule has 148 valence electrons. The Labute approximate surface area is 166 Å². The summed E-state index contributed by atoms with van der Waals surface area (Å²) in [6, 6.07) is 11.1. The van der Waals surface area contributed by atoms with E-state index in [0.29, 0.717) is 18.5 Å². The van der Waals surface area contributed by atoms with Crippen LogP contribution in [-0.4, -0.2) is 66.2 Å². The Kier molecular flexibility index (Phi) is 7.28. The van der Waals surface area contributed by atoms with Gasteiger partial charge in [0.1, 0.15) is 0 Å². The molecule has 0 radical (unpaired) electrons. The number of hydrogen-bond donors (Lipinski definition) is 1. The predicted molar refractivity (Wildman–Crippen MR) is 111 cm³/mol. The van der Waals surface area contributed by atoms with Crippen molar-refractivity contribution in [2.24, 2.45) is 0 Å². The van der Waals surface area contributed by atoms with Gasteiger partial charge in [-0.15, -0.1) is 0 Å². The summed E-state index contributed by atoms with van der Waals surface area (Å²) in [7, 11) is 2.10. The third-order valence-corrected chi connectivity index (χ3v) is 5.05. The van der Waals surface area contributed by atoms with Crippen LogP contribution in [0.15, 0.2) is 48.8 Å². The van der Waals surface area contributed by atoms with E-state index in [1.807, 2.05) is 18.3 Å². The van der Waals surface area contributed by atoms with Crippen LogP contribution in [0.4, 0.5) is 5.69 Å². The molecule has 0 atom stereocenters. The highest BCUT2D eigenvalue weighted by Gasteiger charge is 2.17. The Morgan fingerprint density at radius 3 is 2.50 bits per heavy atom. The number of piperazine rings is 1. The van der Waals surface area contributed by atoms with Gasteiger partial charge in [-0.25, -0.2) is 0 Å². The SMILES string of the molecule is CN1CCN(CC(=O)c2ccc(NC(=O)CCCc3cccnc3)cc2)CC1. The molecule has 0 spiro atoms. The van der Waals surface area contributed by atoms with E-state index in [1.165, 1.54) is 0 Å². The monoisotopic (exact) mass is 380 g/mol. The number of nitrogens with one attached hydrogen (secondary N) is 1. The molecular weight excluding hydrogens is 352 g/mol. The molecule has 2 heterocycles. The molecule has 28 heavy (non-hydrogen) atoms. The first kappa shape index (κ1) is 20.2. The number of hydrogen-bond acceptors (Lipinski definition) is 5. The number of benzene rings is 1. The summed E-state index contributed by atoms with van der Waals surface area (Å²) >= 11 is 0. The zero-order valence-corrected chi connectivity index (χ0v) is 16.4. The number of anilines is 1. The highest BCUT2D eigenvalue weighted by atomic mass is 16.1. The first-order valence-electron chi connectivity index (χ1n) is 9.83. The molecule has 3 rings (SSSR count). The first-order chi connectivity index (χ1) is 13.6. The van der Waals surface area contributed by atoms with E-state index in [-0.39, 0.29) is 11.7 Å². The fourth-order valence-corrected chi connectivity index (χ4v) is 3.26. The van der Waals surface area contributed by atoms with Gasteiger partial charge in [0.05, 0.1) is 6.54 Å². The molecule has 6 heteroatoms. The number of likely N-dealkylation sites (N-methyl/N-ethyl adjacent to an activating group) is 1. The molecule has 1 amide bonds. The van der Waals surface area contributed by atoms with Gasteiger partial charge in [0, 0.05) is 56.2 Å². The number of carbonyl (C=O) groups is 2. The summed E-state index contributed by atoms with van der Waals surface area (Å²) < 4.78 is 0. The highest BCUT2D eigenvalue weighted by Crippen LogP contribution is 2.12. The van der Waals surface area contributed by atoms with Crippen molar-refractivity contribution >= 4 is 17.4 Å². The summed E-state index contributed by atoms with van der Waals surface area (Å²) in [4.78, 5) is 33.1. The van der Waals surface area contributed by atoms with E-state index in [0.717, 1.165) is 50.3 Å². The van der Waals surface area contributed by atoms with Crippen LogP contribution in [0.3, 0.4) is 0 Å². The van der Waals surface area contributed by atoms with E-state index >= 15 is 0 Å². The molecule has 0 aliphatic carbocycles. The van der Waals surface area contributed by atoms with E-state index in [9.17, 15) is 9.59 Å². The smallest absolute Gasteiger partial charge is 0.224 e. The number of ketones is 1. The molecule has 1 fully saturated rings. The van der Waals surface area contributed by atoms with E-state index in [4.69, 9.17) is 0 Å². The van der Waals surface area contributed by atoms with Crippen molar-refractivity contribution in [2.75, 3.05) is 45.1 Å². The van der Waals surface area contributed by atoms with Crippen LogP contribution < -0.4 is 5.32 Å². The van der Waals surface area contributed by atoms with Crippen LogP contribution in [0.25, 0.3) is 0 Å². The van der Waals surface area contributed by atoms with E-state index in [1.54, 1.807) is 30.5 Å². The maximum absolute atomic E-state index is 12.5. The lowest BCUT2D eigenvalue weighted by Crippen LogP contribution is -2.46. The average Bonchev–Trinajstić information content (AvgIpc) is 2.71. The molecule has 2 aromatic rings. The van der Waals surface area contributed by atoms with Crippen LogP contribution in [-0.2, 0) is 11.2 Å². The number of rotatable bonds is 8. The van der Waals surface area contributed by atoms with Gasteiger partial charge in [0.2, 0.25) is 5.91 Å². The number of carbonyl (C=O) groups excluding carboxylic acids is 2. The quantitative estimate of drug-likeness (QED) is 0.713. The average molecular weight is 380 g/mol. The second kappa shape index (κ2) is 10.1. The minimum Gasteiger partial charge on any atom is -0.326 e. The summed E-state index contributed by atoms with van der Waals surface area (Å²) in [6.45, 7) is 4.30. The van der Waals surface area contributed by atoms with Crippen molar-refractivity contribution in [1.82, 2.24) is 14.8 Å². The molecule has 1 aliphatic heterocycles. The van der Waals surface area contributed by atoms with Gasteiger partial charge in [0.15, 0.2) is 5.78 Å². The van der Waals surface area contributed by atoms with Gasteiger partial charge in [-0.3, -0.25) is 19.5 Å². The molecule has 6 nitrogen and oxygen atoms in total. The summed E-state index contributed by atoms with van der Waals surface area (Å²) in [5.41, 5.74) is 2.55.